The van der Waals surface area contributed by atoms with Crippen LogP contribution in [0.2, 0.25) is 0 Å². The molecule has 1 aliphatic heterocycles. The minimum atomic E-state index is -0.545. The second-order valence-electron chi connectivity index (χ2n) is 7.82. The van der Waals surface area contributed by atoms with Crippen LogP contribution in [0.25, 0.3) is 0 Å². The van der Waals surface area contributed by atoms with Gasteiger partial charge in [0.05, 0.1) is 31.4 Å². The smallest absolute Gasteiger partial charge is 0.257 e. The van der Waals surface area contributed by atoms with Gasteiger partial charge in [-0.25, -0.2) is 0 Å². The number of rotatable bonds is 7. The molecule has 0 spiro atoms. The van der Waals surface area contributed by atoms with Gasteiger partial charge in [0.25, 0.3) is 5.91 Å². The summed E-state index contributed by atoms with van der Waals surface area (Å²) in [6.45, 7) is 0.248. The number of ether oxygens (including phenoxy) is 2. The van der Waals surface area contributed by atoms with Gasteiger partial charge in [0.2, 0.25) is 11.8 Å². The molecule has 8 nitrogen and oxygen atoms in total. The SMILES string of the molecule is COc1ccc(NC(=O)c2ccccc2NC(=O)C2CC(=O)N(c3cccc(OC)c3)C2)cc1. The third kappa shape index (κ3) is 5.01. The maximum atomic E-state index is 13.0. The minimum absolute atomic E-state index is 0.0866. The van der Waals surface area contributed by atoms with Crippen molar-refractivity contribution in [2.24, 2.45) is 5.92 Å². The van der Waals surface area contributed by atoms with E-state index in [1.165, 1.54) is 0 Å². The average molecular weight is 460 g/mol. The summed E-state index contributed by atoms with van der Waals surface area (Å²) in [6, 6.07) is 20.9. The Balaban J connectivity index is 1.45. The molecule has 0 bridgehead atoms. The normalized spacial score (nSPS) is 15.1. The van der Waals surface area contributed by atoms with E-state index < -0.39 is 5.92 Å². The molecule has 34 heavy (non-hydrogen) atoms. The van der Waals surface area contributed by atoms with Crippen molar-refractivity contribution >= 4 is 34.8 Å². The molecule has 8 heteroatoms. The first-order valence-corrected chi connectivity index (χ1v) is 10.8. The van der Waals surface area contributed by atoms with Crippen molar-refractivity contribution in [2.75, 3.05) is 36.3 Å². The molecule has 4 rings (SSSR count). The largest absolute Gasteiger partial charge is 0.497 e. The van der Waals surface area contributed by atoms with E-state index in [1.54, 1.807) is 91.9 Å². The van der Waals surface area contributed by atoms with E-state index in [-0.39, 0.29) is 30.7 Å². The van der Waals surface area contributed by atoms with E-state index in [9.17, 15) is 14.4 Å². The third-order valence-electron chi connectivity index (χ3n) is 5.64. The van der Waals surface area contributed by atoms with Crippen LogP contribution in [0, 0.1) is 5.92 Å². The van der Waals surface area contributed by atoms with E-state index in [4.69, 9.17) is 9.47 Å². The van der Waals surface area contributed by atoms with Crippen LogP contribution < -0.4 is 25.0 Å². The highest BCUT2D eigenvalue weighted by molar-refractivity contribution is 6.11. The molecule has 1 unspecified atom stereocenters. The van der Waals surface area contributed by atoms with E-state index in [0.717, 1.165) is 0 Å². The number of hydrogen-bond donors (Lipinski definition) is 2. The first kappa shape index (κ1) is 22.8. The van der Waals surface area contributed by atoms with Crippen molar-refractivity contribution in [1.29, 1.82) is 0 Å². The number of methoxy groups -OCH3 is 2. The van der Waals surface area contributed by atoms with Gasteiger partial charge in [-0.15, -0.1) is 0 Å². The monoisotopic (exact) mass is 459 g/mol. The number of benzene rings is 3. The third-order valence-corrected chi connectivity index (χ3v) is 5.64. The lowest BCUT2D eigenvalue weighted by molar-refractivity contribution is -0.122. The van der Waals surface area contributed by atoms with Gasteiger partial charge in [-0.3, -0.25) is 14.4 Å². The van der Waals surface area contributed by atoms with Crippen molar-refractivity contribution < 1.29 is 23.9 Å². The summed E-state index contributed by atoms with van der Waals surface area (Å²) >= 11 is 0. The summed E-state index contributed by atoms with van der Waals surface area (Å²) in [6.07, 6.45) is 0.0866. The fourth-order valence-corrected chi connectivity index (χ4v) is 3.81. The number of amides is 3. The summed E-state index contributed by atoms with van der Waals surface area (Å²) in [5.41, 5.74) is 1.98. The zero-order chi connectivity index (χ0) is 24.1. The Labute approximate surface area is 197 Å². The molecule has 1 saturated heterocycles. The summed E-state index contributed by atoms with van der Waals surface area (Å²) in [5, 5.41) is 5.65. The van der Waals surface area contributed by atoms with E-state index in [2.05, 4.69) is 10.6 Å². The molecule has 0 radical (unpaired) electrons. The Bertz CT molecular complexity index is 1210. The number of nitrogens with one attached hydrogen (secondary N) is 2. The highest BCUT2D eigenvalue weighted by Gasteiger charge is 2.35. The summed E-state index contributed by atoms with van der Waals surface area (Å²) in [5.74, 6) is -0.0462. The van der Waals surface area contributed by atoms with Gasteiger partial charge in [-0.2, -0.15) is 0 Å². The number of para-hydroxylation sites is 1. The fraction of sp³-hybridized carbons (Fsp3) is 0.192. The Morgan fingerprint density at radius 3 is 2.35 bits per heavy atom. The van der Waals surface area contributed by atoms with E-state index in [0.29, 0.717) is 34.1 Å². The van der Waals surface area contributed by atoms with E-state index in [1.807, 2.05) is 0 Å². The standard InChI is InChI=1S/C26H25N3O5/c1-33-20-12-10-18(11-13-20)27-26(32)22-8-3-4-9-23(22)28-25(31)17-14-24(30)29(16-17)19-6-5-7-21(15-19)34-2/h3-13,15,17H,14,16H2,1-2H3,(H,27,32)(H,28,31). The van der Waals surface area contributed by atoms with Crippen LogP contribution in [-0.4, -0.2) is 38.5 Å². The highest BCUT2D eigenvalue weighted by Crippen LogP contribution is 2.29. The van der Waals surface area contributed by atoms with Gasteiger partial charge in [-0.1, -0.05) is 18.2 Å². The average Bonchev–Trinajstić information content (AvgIpc) is 3.26. The van der Waals surface area contributed by atoms with E-state index >= 15 is 0 Å². The van der Waals surface area contributed by atoms with Gasteiger partial charge in [-0.05, 0) is 48.5 Å². The van der Waals surface area contributed by atoms with Crippen LogP contribution in [0.4, 0.5) is 17.1 Å². The number of carbonyl (C=O) groups is 3. The van der Waals surface area contributed by atoms with Crippen molar-refractivity contribution in [3.05, 3.63) is 78.4 Å². The van der Waals surface area contributed by atoms with Gasteiger partial charge >= 0.3 is 0 Å². The molecule has 174 valence electrons. The van der Waals surface area contributed by atoms with Crippen LogP contribution in [0.3, 0.4) is 0 Å². The predicted octanol–water partition coefficient (Wildman–Crippen LogP) is 3.95. The molecule has 2 N–H and O–H groups in total. The Morgan fingerprint density at radius 2 is 1.62 bits per heavy atom. The number of carbonyl (C=O) groups excluding carboxylic acids is 3. The lowest BCUT2D eigenvalue weighted by atomic mass is 10.1. The highest BCUT2D eigenvalue weighted by atomic mass is 16.5. The quantitative estimate of drug-likeness (QED) is 0.558. The molecule has 1 fully saturated rings. The van der Waals surface area contributed by atoms with Gasteiger partial charge in [0.1, 0.15) is 11.5 Å². The van der Waals surface area contributed by atoms with Gasteiger partial charge in [0, 0.05) is 30.4 Å². The maximum Gasteiger partial charge on any atom is 0.257 e. The number of anilines is 3. The summed E-state index contributed by atoms with van der Waals surface area (Å²) < 4.78 is 10.4. The second kappa shape index (κ2) is 10.1. The summed E-state index contributed by atoms with van der Waals surface area (Å²) in [7, 11) is 3.13. The number of hydrogen-bond acceptors (Lipinski definition) is 5. The Hall–Kier alpha value is -4.33. The molecular weight excluding hydrogens is 434 g/mol. The zero-order valence-electron chi connectivity index (χ0n) is 18.9. The predicted molar refractivity (Wildman–Crippen MR) is 129 cm³/mol. The molecule has 0 saturated carbocycles. The summed E-state index contributed by atoms with van der Waals surface area (Å²) in [4.78, 5) is 40.1. The molecule has 3 aromatic carbocycles. The van der Waals surface area contributed by atoms with Crippen molar-refractivity contribution in [1.82, 2.24) is 0 Å². The minimum Gasteiger partial charge on any atom is -0.497 e. The lowest BCUT2D eigenvalue weighted by Gasteiger charge is -2.18. The molecule has 1 atom stereocenters. The fourth-order valence-electron chi connectivity index (χ4n) is 3.81. The second-order valence-corrected chi connectivity index (χ2v) is 7.82. The Kier molecular flexibility index (Phi) is 6.77. The van der Waals surface area contributed by atoms with Gasteiger partial charge < -0.3 is 25.0 Å². The molecular formula is C26H25N3O5. The van der Waals surface area contributed by atoms with Crippen LogP contribution in [0.1, 0.15) is 16.8 Å². The zero-order valence-corrected chi connectivity index (χ0v) is 18.9. The molecule has 3 aromatic rings. The molecule has 0 aromatic heterocycles. The van der Waals surface area contributed by atoms with Crippen molar-refractivity contribution in [3.63, 3.8) is 0 Å². The van der Waals surface area contributed by atoms with Crippen LogP contribution >= 0.6 is 0 Å². The van der Waals surface area contributed by atoms with Gasteiger partial charge in [0.15, 0.2) is 0 Å². The topological polar surface area (TPSA) is 97.0 Å². The number of nitrogens with zero attached hydrogens (tertiary/aromatic N) is 1. The van der Waals surface area contributed by atoms with Crippen molar-refractivity contribution in [3.8, 4) is 11.5 Å². The molecule has 0 aliphatic carbocycles. The Morgan fingerprint density at radius 1 is 0.882 bits per heavy atom. The first-order chi connectivity index (χ1) is 16.5. The van der Waals surface area contributed by atoms with Crippen molar-refractivity contribution in [2.45, 2.75) is 6.42 Å². The van der Waals surface area contributed by atoms with Crippen LogP contribution in [0.15, 0.2) is 72.8 Å². The molecule has 1 heterocycles. The van der Waals surface area contributed by atoms with Crippen LogP contribution in [-0.2, 0) is 9.59 Å². The lowest BCUT2D eigenvalue weighted by Crippen LogP contribution is -2.28. The first-order valence-electron chi connectivity index (χ1n) is 10.8. The molecule has 3 amide bonds. The molecule has 1 aliphatic rings. The maximum absolute atomic E-state index is 13.0. The van der Waals surface area contributed by atoms with Crippen LogP contribution in [0.5, 0.6) is 11.5 Å².